The van der Waals surface area contributed by atoms with E-state index in [9.17, 15) is 0 Å². The molecule has 3 rings (SSSR count). The molecule has 1 aromatic carbocycles. The molecule has 2 heterocycles. The molecular formula is C20H28N4. The van der Waals surface area contributed by atoms with Crippen LogP contribution in [0.15, 0.2) is 30.3 Å². The number of nitrogens with zero attached hydrogens (tertiary/aromatic N) is 4. The van der Waals surface area contributed by atoms with Gasteiger partial charge in [-0.05, 0) is 57.2 Å². The standard InChI is InChI=1S/C20H28N4/c1-5-24(18-8-6-7-16(3)13-18)20-14-19(21-17(4)22-20)23-11-9-15(2)10-12-23/h6-8,13-15H,5,9-12H2,1-4H3. The third-order valence-corrected chi connectivity index (χ3v) is 4.82. The fourth-order valence-corrected chi connectivity index (χ4v) is 3.35. The molecule has 1 saturated heterocycles. The minimum atomic E-state index is 0.822. The van der Waals surface area contributed by atoms with Crippen LogP contribution in [0.2, 0.25) is 0 Å². The number of aromatic nitrogens is 2. The predicted molar refractivity (Wildman–Crippen MR) is 101 cm³/mol. The number of benzene rings is 1. The number of piperidine rings is 1. The summed E-state index contributed by atoms with van der Waals surface area (Å²) in [6.07, 6.45) is 2.49. The molecule has 0 saturated carbocycles. The average molecular weight is 324 g/mol. The van der Waals surface area contributed by atoms with Gasteiger partial charge in [-0.2, -0.15) is 0 Å². The summed E-state index contributed by atoms with van der Waals surface area (Å²) >= 11 is 0. The van der Waals surface area contributed by atoms with E-state index >= 15 is 0 Å². The molecule has 0 radical (unpaired) electrons. The summed E-state index contributed by atoms with van der Waals surface area (Å²) in [6, 6.07) is 10.7. The van der Waals surface area contributed by atoms with Crippen molar-refractivity contribution < 1.29 is 0 Å². The maximum absolute atomic E-state index is 4.71. The van der Waals surface area contributed by atoms with E-state index in [0.29, 0.717) is 0 Å². The van der Waals surface area contributed by atoms with Crippen molar-refractivity contribution in [2.45, 2.75) is 40.5 Å². The van der Waals surface area contributed by atoms with Gasteiger partial charge in [-0.3, -0.25) is 0 Å². The minimum Gasteiger partial charge on any atom is -0.356 e. The van der Waals surface area contributed by atoms with Gasteiger partial charge in [-0.25, -0.2) is 9.97 Å². The van der Waals surface area contributed by atoms with Gasteiger partial charge in [0.15, 0.2) is 0 Å². The molecule has 1 aliphatic rings. The van der Waals surface area contributed by atoms with E-state index in [2.05, 4.69) is 60.9 Å². The van der Waals surface area contributed by atoms with E-state index in [4.69, 9.17) is 9.97 Å². The molecule has 0 N–H and O–H groups in total. The molecule has 4 nitrogen and oxygen atoms in total. The highest BCUT2D eigenvalue weighted by molar-refractivity contribution is 5.63. The third kappa shape index (κ3) is 3.69. The smallest absolute Gasteiger partial charge is 0.138 e. The molecule has 1 fully saturated rings. The second kappa shape index (κ2) is 7.20. The van der Waals surface area contributed by atoms with Crippen LogP contribution in [0.5, 0.6) is 0 Å². The fourth-order valence-electron chi connectivity index (χ4n) is 3.35. The van der Waals surface area contributed by atoms with E-state index in [1.165, 1.54) is 24.1 Å². The highest BCUT2D eigenvalue weighted by Crippen LogP contribution is 2.28. The molecule has 0 unspecified atom stereocenters. The van der Waals surface area contributed by atoms with Crippen LogP contribution < -0.4 is 9.80 Å². The maximum atomic E-state index is 4.71. The van der Waals surface area contributed by atoms with Crippen LogP contribution in [0.4, 0.5) is 17.3 Å². The van der Waals surface area contributed by atoms with Crippen LogP contribution >= 0.6 is 0 Å². The Balaban J connectivity index is 1.92. The first kappa shape index (κ1) is 16.7. The lowest BCUT2D eigenvalue weighted by Crippen LogP contribution is -2.33. The minimum absolute atomic E-state index is 0.822. The molecule has 24 heavy (non-hydrogen) atoms. The van der Waals surface area contributed by atoms with Crippen molar-refractivity contribution >= 4 is 17.3 Å². The molecule has 128 valence electrons. The van der Waals surface area contributed by atoms with Crippen molar-refractivity contribution in [3.05, 3.63) is 41.7 Å². The Morgan fingerprint density at radius 3 is 2.54 bits per heavy atom. The monoisotopic (exact) mass is 324 g/mol. The highest BCUT2D eigenvalue weighted by atomic mass is 15.2. The molecule has 0 spiro atoms. The van der Waals surface area contributed by atoms with Gasteiger partial charge in [-0.15, -0.1) is 0 Å². The zero-order valence-corrected chi connectivity index (χ0v) is 15.3. The molecule has 4 heteroatoms. The van der Waals surface area contributed by atoms with Crippen molar-refractivity contribution in [2.24, 2.45) is 5.92 Å². The van der Waals surface area contributed by atoms with E-state index in [1.54, 1.807) is 0 Å². The van der Waals surface area contributed by atoms with Gasteiger partial charge in [0.2, 0.25) is 0 Å². The second-order valence-corrected chi connectivity index (χ2v) is 6.88. The van der Waals surface area contributed by atoms with E-state index in [0.717, 1.165) is 43.0 Å². The van der Waals surface area contributed by atoms with Crippen LogP contribution in [-0.2, 0) is 0 Å². The van der Waals surface area contributed by atoms with Gasteiger partial charge in [0, 0.05) is 31.4 Å². The number of anilines is 3. The normalized spacial score (nSPS) is 15.6. The summed E-state index contributed by atoms with van der Waals surface area (Å²) < 4.78 is 0. The summed E-state index contributed by atoms with van der Waals surface area (Å²) in [7, 11) is 0. The van der Waals surface area contributed by atoms with Gasteiger partial charge in [0.1, 0.15) is 17.5 Å². The molecule has 1 aliphatic heterocycles. The molecule has 1 aromatic heterocycles. The van der Waals surface area contributed by atoms with Crippen LogP contribution in [0.3, 0.4) is 0 Å². The lowest BCUT2D eigenvalue weighted by Gasteiger charge is -2.32. The van der Waals surface area contributed by atoms with Crippen LogP contribution in [0, 0.1) is 19.8 Å². The number of hydrogen-bond acceptors (Lipinski definition) is 4. The molecule has 0 amide bonds. The van der Waals surface area contributed by atoms with Crippen molar-refractivity contribution in [3.63, 3.8) is 0 Å². The lowest BCUT2D eigenvalue weighted by atomic mass is 9.99. The van der Waals surface area contributed by atoms with Crippen molar-refractivity contribution in [3.8, 4) is 0 Å². The Labute approximate surface area is 145 Å². The molecule has 0 atom stereocenters. The van der Waals surface area contributed by atoms with Gasteiger partial charge >= 0.3 is 0 Å². The van der Waals surface area contributed by atoms with Gasteiger partial charge in [-0.1, -0.05) is 19.1 Å². The Morgan fingerprint density at radius 2 is 1.88 bits per heavy atom. The summed E-state index contributed by atoms with van der Waals surface area (Å²) in [5.41, 5.74) is 2.45. The first-order chi connectivity index (χ1) is 11.6. The number of hydrogen-bond donors (Lipinski definition) is 0. The van der Waals surface area contributed by atoms with Crippen molar-refractivity contribution in [1.82, 2.24) is 9.97 Å². The Hall–Kier alpha value is -2.10. The lowest BCUT2D eigenvalue weighted by molar-refractivity contribution is 0.436. The first-order valence-corrected chi connectivity index (χ1v) is 9.01. The van der Waals surface area contributed by atoms with Gasteiger partial charge in [0.05, 0.1) is 0 Å². The molecule has 0 bridgehead atoms. The molecular weight excluding hydrogens is 296 g/mol. The van der Waals surface area contributed by atoms with Gasteiger partial charge < -0.3 is 9.80 Å². The van der Waals surface area contributed by atoms with Crippen molar-refractivity contribution in [2.75, 3.05) is 29.4 Å². The second-order valence-electron chi connectivity index (χ2n) is 6.88. The van der Waals surface area contributed by atoms with Crippen LogP contribution in [0.1, 0.15) is 38.1 Å². The zero-order valence-electron chi connectivity index (χ0n) is 15.3. The quantitative estimate of drug-likeness (QED) is 0.829. The van der Waals surface area contributed by atoms with E-state index in [1.807, 2.05) is 6.92 Å². The fraction of sp³-hybridized carbons (Fsp3) is 0.500. The van der Waals surface area contributed by atoms with Crippen LogP contribution in [-0.4, -0.2) is 29.6 Å². The topological polar surface area (TPSA) is 32.3 Å². The Bertz CT molecular complexity index is 690. The Kier molecular flexibility index (Phi) is 5.03. The Morgan fingerprint density at radius 1 is 1.12 bits per heavy atom. The number of aryl methyl sites for hydroxylation is 2. The predicted octanol–water partition coefficient (Wildman–Crippen LogP) is 4.49. The summed E-state index contributed by atoms with van der Waals surface area (Å²) in [5, 5.41) is 0. The van der Waals surface area contributed by atoms with Gasteiger partial charge in [0.25, 0.3) is 0 Å². The molecule has 2 aromatic rings. The van der Waals surface area contributed by atoms with E-state index in [-0.39, 0.29) is 0 Å². The average Bonchev–Trinajstić information content (AvgIpc) is 2.56. The first-order valence-electron chi connectivity index (χ1n) is 9.01. The summed E-state index contributed by atoms with van der Waals surface area (Å²) in [5.74, 6) is 3.72. The largest absolute Gasteiger partial charge is 0.356 e. The van der Waals surface area contributed by atoms with Crippen LogP contribution in [0.25, 0.3) is 0 Å². The summed E-state index contributed by atoms with van der Waals surface area (Å²) in [4.78, 5) is 14.1. The van der Waals surface area contributed by atoms with Crippen molar-refractivity contribution in [1.29, 1.82) is 0 Å². The van der Waals surface area contributed by atoms with E-state index < -0.39 is 0 Å². The maximum Gasteiger partial charge on any atom is 0.138 e. The summed E-state index contributed by atoms with van der Waals surface area (Å²) in [6.45, 7) is 11.7. The third-order valence-electron chi connectivity index (χ3n) is 4.82. The molecule has 0 aliphatic carbocycles. The highest BCUT2D eigenvalue weighted by Gasteiger charge is 2.19. The number of rotatable bonds is 4. The SMILES string of the molecule is CCN(c1cccc(C)c1)c1cc(N2CCC(C)CC2)nc(C)n1. The zero-order chi connectivity index (χ0) is 17.1.